The normalized spacial score (nSPS) is 19.0. The van der Waals surface area contributed by atoms with E-state index in [0.29, 0.717) is 28.8 Å². The Kier molecular flexibility index (Phi) is 6.72. The molecular weight excluding hydrogens is 545 g/mol. The van der Waals surface area contributed by atoms with Gasteiger partial charge in [0.25, 0.3) is 5.56 Å². The summed E-state index contributed by atoms with van der Waals surface area (Å²) in [5.41, 5.74) is 8.67. The van der Waals surface area contributed by atoms with E-state index in [2.05, 4.69) is 20.6 Å². The summed E-state index contributed by atoms with van der Waals surface area (Å²) in [4.78, 5) is 25.2. The van der Waals surface area contributed by atoms with Crippen molar-refractivity contribution in [3.63, 3.8) is 0 Å². The monoisotopic (exact) mass is 571 g/mol. The summed E-state index contributed by atoms with van der Waals surface area (Å²) in [6.07, 6.45) is 6.50. The molecule has 3 heterocycles. The molecule has 11 heteroatoms. The molecule has 2 aromatic carbocycles. The Labute approximate surface area is 240 Å². The van der Waals surface area contributed by atoms with Crippen LogP contribution in [0.15, 0.2) is 53.7 Å². The number of imidazole rings is 1. The van der Waals surface area contributed by atoms with E-state index in [0.717, 1.165) is 47.9 Å². The SMILES string of the molecule is Cc1nc2cnc3cc(F)c(-c4ccc(Oc5cc(=O)n(C)cn5)cc4Cl)cc3c2n1C1CCC(N)(CC#N)CC1. The van der Waals surface area contributed by atoms with Gasteiger partial charge in [0, 0.05) is 47.3 Å². The van der Waals surface area contributed by atoms with Gasteiger partial charge in [-0.05, 0) is 50.8 Å². The van der Waals surface area contributed by atoms with Crippen molar-refractivity contribution in [3.05, 3.63) is 75.9 Å². The average molecular weight is 572 g/mol. The minimum atomic E-state index is -0.464. The second kappa shape index (κ2) is 10.3. The standard InChI is InChI=1S/C30H27ClFN7O2/c1-17-37-26-15-35-25-13-24(32)21(12-22(25)29(26)39(17)18-5-7-30(34,8-6-18)9-10-33)20-4-3-19(11-23(20)31)41-27-14-28(40)38(2)16-36-27/h3-4,11-16,18H,5-9,34H2,1-2H3. The van der Waals surface area contributed by atoms with E-state index in [9.17, 15) is 10.1 Å². The number of benzene rings is 2. The highest BCUT2D eigenvalue weighted by atomic mass is 35.5. The lowest BCUT2D eigenvalue weighted by molar-refractivity contribution is 0.239. The van der Waals surface area contributed by atoms with Crippen molar-refractivity contribution in [3.8, 4) is 28.8 Å². The molecule has 0 atom stereocenters. The van der Waals surface area contributed by atoms with Crippen molar-refractivity contribution in [1.29, 1.82) is 5.26 Å². The minimum Gasteiger partial charge on any atom is -0.439 e. The summed E-state index contributed by atoms with van der Waals surface area (Å²) in [5, 5.41) is 10.2. The smallest absolute Gasteiger partial charge is 0.256 e. The second-order valence-corrected chi connectivity index (χ2v) is 11.1. The van der Waals surface area contributed by atoms with E-state index in [1.807, 2.05) is 6.92 Å². The Bertz CT molecular complexity index is 1920. The van der Waals surface area contributed by atoms with Crippen molar-refractivity contribution in [2.24, 2.45) is 12.8 Å². The highest BCUT2D eigenvalue weighted by molar-refractivity contribution is 6.33. The number of nitrogens with two attached hydrogens (primary N) is 1. The van der Waals surface area contributed by atoms with E-state index >= 15 is 4.39 Å². The van der Waals surface area contributed by atoms with Crippen LogP contribution in [-0.2, 0) is 7.05 Å². The molecule has 0 amide bonds. The van der Waals surface area contributed by atoms with Crippen LogP contribution >= 0.6 is 11.6 Å². The van der Waals surface area contributed by atoms with Gasteiger partial charge in [0.1, 0.15) is 29.2 Å². The van der Waals surface area contributed by atoms with Crippen molar-refractivity contribution in [2.75, 3.05) is 0 Å². The van der Waals surface area contributed by atoms with Gasteiger partial charge in [0.15, 0.2) is 0 Å². The van der Waals surface area contributed by atoms with E-state index in [4.69, 9.17) is 27.1 Å². The van der Waals surface area contributed by atoms with Crippen molar-refractivity contribution in [2.45, 2.75) is 50.6 Å². The van der Waals surface area contributed by atoms with Gasteiger partial charge >= 0.3 is 0 Å². The number of hydrogen-bond donors (Lipinski definition) is 1. The maximum absolute atomic E-state index is 15.5. The molecule has 5 aromatic rings. The molecule has 208 valence electrons. The first-order valence-corrected chi connectivity index (χ1v) is 13.7. The number of nitriles is 1. The average Bonchev–Trinajstić information content (AvgIpc) is 3.27. The van der Waals surface area contributed by atoms with Crippen LogP contribution in [0, 0.1) is 24.1 Å². The maximum atomic E-state index is 15.5. The van der Waals surface area contributed by atoms with Crippen LogP contribution in [0.2, 0.25) is 5.02 Å². The number of aryl methyl sites for hydroxylation is 2. The van der Waals surface area contributed by atoms with E-state index in [1.165, 1.54) is 23.0 Å². The molecule has 1 aliphatic rings. The van der Waals surface area contributed by atoms with E-state index < -0.39 is 11.4 Å². The Balaban J connectivity index is 1.40. The van der Waals surface area contributed by atoms with Crippen LogP contribution in [-0.4, -0.2) is 29.6 Å². The first-order chi connectivity index (χ1) is 19.7. The molecule has 3 aromatic heterocycles. The molecule has 41 heavy (non-hydrogen) atoms. The van der Waals surface area contributed by atoms with Crippen molar-refractivity contribution >= 4 is 33.5 Å². The third-order valence-corrected chi connectivity index (χ3v) is 8.25. The topological polar surface area (TPSA) is 125 Å². The van der Waals surface area contributed by atoms with Crippen LogP contribution in [0.25, 0.3) is 33.1 Å². The molecular formula is C30H27ClFN7O2. The molecule has 1 aliphatic carbocycles. The van der Waals surface area contributed by atoms with Gasteiger partial charge in [-0.2, -0.15) is 5.26 Å². The summed E-state index contributed by atoms with van der Waals surface area (Å²) in [5.74, 6) is 0.883. The van der Waals surface area contributed by atoms with Gasteiger partial charge < -0.3 is 19.6 Å². The number of fused-ring (bicyclic) bond motifs is 3. The molecule has 0 aliphatic heterocycles. The Morgan fingerprint density at radius 2 is 1.95 bits per heavy atom. The molecule has 0 spiro atoms. The van der Waals surface area contributed by atoms with Crippen LogP contribution < -0.4 is 16.0 Å². The molecule has 6 rings (SSSR count). The lowest BCUT2D eigenvalue weighted by Gasteiger charge is -2.36. The van der Waals surface area contributed by atoms with Crippen LogP contribution in [0.4, 0.5) is 4.39 Å². The molecule has 0 radical (unpaired) electrons. The fraction of sp³-hybridized carbons (Fsp3) is 0.300. The zero-order valence-corrected chi connectivity index (χ0v) is 23.3. The lowest BCUT2D eigenvalue weighted by Crippen LogP contribution is -2.43. The number of pyridine rings is 1. The highest BCUT2D eigenvalue weighted by Gasteiger charge is 2.33. The molecule has 1 fully saturated rings. The minimum absolute atomic E-state index is 0.133. The fourth-order valence-corrected chi connectivity index (χ4v) is 6.01. The quantitative estimate of drug-likeness (QED) is 0.276. The van der Waals surface area contributed by atoms with Gasteiger partial charge in [-0.3, -0.25) is 9.78 Å². The van der Waals surface area contributed by atoms with Crippen LogP contribution in [0.1, 0.15) is 44.0 Å². The zero-order valence-electron chi connectivity index (χ0n) is 22.6. The molecule has 0 unspecified atom stereocenters. The lowest BCUT2D eigenvalue weighted by atomic mass is 9.78. The molecule has 0 saturated heterocycles. The highest BCUT2D eigenvalue weighted by Crippen LogP contribution is 2.41. The molecule has 1 saturated carbocycles. The first kappa shape index (κ1) is 26.9. The van der Waals surface area contributed by atoms with Crippen molar-refractivity contribution in [1.82, 2.24) is 24.1 Å². The predicted molar refractivity (Wildman–Crippen MR) is 154 cm³/mol. The van der Waals surface area contributed by atoms with Gasteiger partial charge in [0.2, 0.25) is 5.88 Å². The summed E-state index contributed by atoms with van der Waals surface area (Å²) in [6.45, 7) is 1.96. The number of rotatable bonds is 5. The van der Waals surface area contributed by atoms with E-state index in [1.54, 1.807) is 37.5 Å². The number of aromatic nitrogens is 5. The molecule has 2 N–H and O–H groups in total. The summed E-state index contributed by atoms with van der Waals surface area (Å²) < 4.78 is 24.7. The zero-order chi connectivity index (χ0) is 28.9. The number of hydrogen-bond acceptors (Lipinski definition) is 7. The fourth-order valence-electron chi connectivity index (χ4n) is 5.74. The summed E-state index contributed by atoms with van der Waals surface area (Å²) >= 11 is 6.64. The van der Waals surface area contributed by atoms with Gasteiger partial charge in [-0.25, -0.2) is 14.4 Å². The maximum Gasteiger partial charge on any atom is 0.256 e. The predicted octanol–water partition coefficient (Wildman–Crippen LogP) is 5.96. The van der Waals surface area contributed by atoms with Gasteiger partial charge in [0.05, 0.1) is 40.8 Å². The van der Waals surface area contributed by atoms with Gasteiger partial charge in [-0.15, -0.1) is 0 Å². The number of halogens is 2. The van der Waals surface area contributed by atoms with Crippen LogP contribution in [0.3, 0.4) is 0 Å². The van der Waals surface area contributed by atoms with Crippen LogP contribution in [0.5, 0.6) is 11.6 Å². The first-order valence-electron chi connectivity index (χ1n) is 13.3. The van der Waals surface area contributed by atoms with E-state index in [-0.39, 0.29) is 22.5 Å². The Hall–Kier alpha value is -4.33. The Morgan fingerprint density at radius 1 is 1.17 bits per heavy atom. The molecule has 0 bridgehead atoms. The third-order valence-electron chi connectivity index (χ3n) is 7.93. The Morgan fingerprint density at radius 3 is 2.66 bits per heavy atom. The third kappa shape index (κ3) is 4.92. The summed E-state index contributed by atoms with van der Waals surface area (Å²) in [6, 6.07) is 11.7. The second-order valence-electron chi connectivity index (χ2n) is 10.7. The number of ether oxygens (including phenoxy) is 1. The van der Waals surface area contributed by atoms with Crippen molar-refractivity contribution < 1.29 is 9.13 Å². The summed E-state index contributed by atoms with van der Waals surface area (Å²) in [7, 11) is 1.59. The molecule has 9 nitrogen and oxygen atoms in total. The largest absolute Gasteiger partial charge is 0.439 e. The van der Waals surface area contributed by atoms with Gasteiger partial charge in [-0.1, -0.05) is 11.6 Å². The number of nitrogens with zero attached hydrogens (tertiary/aromatic N) is 6.